The average molecular weight is 206 g/mol. The summed E-state index contributed by atoms with van der Waals surface area (Å²) in [6.45, 7) is 1.41. The van der Waals surface area contributed by atoms with E-state index in [-0.39, 0.29) is 12.1 Å². The van der Waals surface area contributed by atoms with E-state index >= 15 is 0 Å². The van der Waals surface area contributed by atoms with Gasteiger partial charge in [0.25, 0.3) is 0 Å². The van der Waals surface area contributed by atoms with E-state index in [4.69, 9.17) is 16.2 Å². The van der Waals surface area contributed by atoms with E-state index < -0.39 is 0 Å². The van der Waals surface area contributed by atoms with Crippen LogP contribution in [0.5, 0.6) is 0 Å². The third-order valence-corrected chi connectivity index (χ3v) is 2.70. The van der Waals surface area contributed by atoms with Crippen molar-refractivity contribution in [2.24, 2.45) is 0 Å². The average Bonchev–Trinajstić information content (AvgIpc) is 2.55. The van der Waals surface area contributed by atoms with Gasteiger partial charge in [0.1, 0.15) is 6.10 Å². The van der Waals surface area contributed by atoms with Gasteiger partial charge in [0.15, 0.2) is 0 Å². The van der Waals surface area contributed by atoms with Crippen LogP contribution in [-0.2, 0) is 22.4 Å². The normalized spacial score (nSPS) is 15.0. The van der Waals surface area contributed by atoms with Crippen LogP contribution < -0.4 is 11.5 Å². The van der Waals surface area contributed by atoms with E-state index in [2.05, 4.69) is 0 Å². The summed E-state index contributed by atoms with van der Waals surface area (Å²) in [4.78, 5) is 10.8. The second-order valence-electron chi connectivity index (χ2n) is 3.84. The predicted molar refractivity (Wildman–Crippen MR) is 58.2 cm³/mol. The number of hydrogen-bond donors (Lipinski definition) is 2. The molecule has 0 spiro atoms. The van der Waals surface area contributed by atoms with Gasteiger partial charge in [-0.3, -0.25) is 4.79 Å². The highest BCUT2D eigenvalue weighted by Crippen LogP contribution is 2.32. The summed E-state index contributed by atoms with van der Waals surface area (Å²) in [5, 5.41) is 0. The fraction of sp³-hybridized carbons (Fsp3) is 0.364. The predicted octanol–water partition coefficient (Wildman–Crippen LogP) is 0.881. The molecule has 2 rings (SSSR count). The highest BCUT2D eigenvalue weighted by Gasteiger charge is 2.27. The Morgan fingerprint density at radius 2 is 1.73 bits per heavy atom. The molecule has 0 aliphatic heterocycles. The van der Waals surface area contributed by atoms with E-state index in [0.29, 0.717) is 12.8 Å². The standard InChI is InChI=1S/C11H14N2O2/c1-6(14)15-7-4-8-9(5-7)11(13)3-2-10(8)12/h2-3,7H,4-5,12-13H2,1H3. The maximum atomic E-state index is 10.8. The van der Waals surface area contributed by atoms with Gasteiger partial charge in [0.2, 0.25) is 0 Å². The molecule has 0 aromatic heterocycles. The zero-order chi connectivity index (χ0) is 11.0. The molecule has 0 unspecified atom stereocenters. The van der Waals surface area contributed by atoms with Crippen molar-refractivity contribution < 1.29 is 9.53 Å². The Kier molecular flexibility index (Phi) is 2.26. The fourth-order valence-corrected chi connectivity index (χ4v) is 2.06. The van der Waals surface area contributed by atoms with Crippen LogP contribution in [0.3, 0.4) is 0 Å². The molecule has 4 N–H and O–H groups in total. The fourth-order valence-electron chi connectivity index (χ4n) is 2.06. The zero-order valence-electron chi connectivity index (χ0n) is 8.62. The van der Waals surface area contributed by atoms with Crippen LogP contribution in [0.2, 0.25) is 0 Å². The van der Waals surface area contributed by atoms with Crippen LogP contribution in [0.15, 0.2) is 12.1 Å². The lowest BCUT2D eigenvalue weighted by Gasteiger charge is -2.08. The number of fused-ring (bicyclic) bond motifs is 1. The summed E-state index contributed by atoms with van der Waals surface area (Å²) < 4.78 is 5.15. The van der Waals surface area contributed by atoms with E-state index in [1.54, 1.807) is 12.1 Å². The summed E-state index contributed by atoms with van der Waals surface area (Å²) in [7, 11) is 0. The quantitative estimate of drug-likeness (QED) is 0.528. The first kappa shape index (κ1) is 9.83. The van der Waals surface area contributed by atoms with Gasteiger partial charge in [-0.15, -0.1) is 0 Å². The lowest BCUT2D eigenvalue weighted by Crippen LogP contribution is -2.16. The minimum absolute atomic E-state index is 0.107. The molecule has 0 saturated heterocycles. The molecule has 4 nitrogen and oxygen atoms in total. The summed E-state index contributed by atoms with van der Waals surface area (Å²) in [5.74, 6) is -0.259. The Morgan fingerprint density at radius 1 is 1.27 bits per heavy atom. The van der Waals surface area contributed by atoms with Crippen LogP contribution in [-0.4, -0.2) is 12.1 Å². The molecule has 15 heavy (non-hydrogen) atoms. The zero-order valence-corrected chi connectivity index (χ0v) is 8.62. The SMILES string of the molecule is CC(=O)OC1Cc2c(N)ccc(N)c2C1. The first-order chi connectivity index (χ1) is 7.08. The number of hydrogen-bond acceptors (Lipinski definition) is 4. The maximum Gasteiger partial charge on any atom is 0.302 e. The van der Waals surface area contributed by atoms with Gasteiger partial charge in [-0.05, 0) is 23.3 Å². The summed E-state index contributed by atoms with van der Waals surface area (Å²) >= 11 is 0. The van der Waals surface area contributed by atoms with Gasteiger partial charge < -0.3 is 16.2 Å². The largest absolute Gasteiger partial charge is 0.462 e. The molecular formula is C11H14N2O2. The van der Waals surface area contributed by atoms with Crippen molar-refractivity contribution in [2.75, 3.05) is 11.5 Å². The molecule has 0 amide bonds. The minimum atomic E-state index is -0.259. The molecule has 0 saturated carbocycles. The molecule has 0 bridgehead atoms. The summed E-state index contributed by atoms with van der Waals surface area (Å²) in [6.07, 6.45) is 1.24. The molecule has 80 valence electrons. The number of carbonyl (C=O) groups is 1. The molecule has 0 atom stereocenters. The van der Waals surface area contributed by atoms with E-state index in [0.717, 1.165) is 22.5 Å². The molecular weight excluding hydrogens is 192 g/mol. The van der Waals surface area contributed by atoms with Crippen LogP contribution in [0.25, 0.3) is 0 Å². The Hall–Kier alpha value is -1.71. The molecule has 0 radical (unpaired) electrons. The Labute approximate surface area is 88.2 Å². The van der Waals surface area contributed by atoms with Crippen molar-refractivity contribution in [1.29, 1.82) is 0 Å². The highest BCUT2D eigenvalue weighted by molar-refractivity contribution is 5.68. The van der Waals surface area contributed by atoms with Crippen molar-refractivity contribution in [3.05, 3.63) is 23.3 Å². The lowest BCUT2D eigenvalue weighted by atomic mass is 10.1. The number of nitrogen functional groups attached to an aromatic ring is 2. The van der Waals surface area contributed by atoms with Gasteiger partial charge >= 0.3 is 5.97 Å². The van der Waals surface area contributed by atoms with Crippen molar-refractivity contribution in [2.45, 2.75) is 25.9 Å². The topological polar surface area (TPSA) is 78.3 Å². The van der Waals surface area contributed by atoms with E-state index in [9.17, 15) is 4.79 Å². The summed E-state index contributed by atoms with van der Waals surface area (Å²) in [6, 6.07) is 3.59. The number of ether oxygens (including phenoxy) is 1. The van der Waals surface area contributed by atoms with E-state index in [1.165, 1.54) is 6.92 Å². The van der Waals surface area contributed by atoms with Gasteiger partial charge in [0.05, 0.1) is 0 Å². The highest BCUT2D eigenvalue weighted by atomic mass is 16.5. The van der Waals surface area contributed by atoms with Crippen LogP contribution >= 0.6 is 0 Å². The molecule has 1 aromatic rings. The molecule has 1 aliphatic rings. The van der Waals surface area contributed by atoms with Crippen molar-refractivity contribution >= 4 is 17.3 Å². The van der Waals surface area contributed by atoms with E-state index in [1.807, 2.05) is 0 Å². The Bertz CT molecular complexity index is 384. The number of esters is 1. The maximum absolute atomic E-state index is 10.8. The molecule has 1 aromatic carbocycles. The Balaban J connectivity index is 2.26. The first-order valence-corrected chi connectivity index (χ1v) is 4.91. The number of nitrogens with two attached hydrogens (primary N) is 2. The second kappa shape index (κ2) is 3.46. The molecule has 4 heteroatoms. The summed E-state index contributed by atoms with van der Waals surface area (Å²) in [5.41, 5.74) is 15.2. The van der Waals surface area contributed by atoms with Crippen LogP contribution in [0.4, 0.5) is 11.4 Å². The lowest BCUT2D eigenvalue weighted by molar-refractivity contribution is -0.145. The van der Waals surface area contributed by atoms with Crippen molar-refractivity contribution in [3.8, 4) is 0 Å². The third-order valence-electron chi connectivity index (χ3n) is 2.70. The number of anilines is 2. The number of benzene rings is 1. The van der Waals surface area contributed by atoms with Crippen LogP contribution in [0, 0.1) is 0 Å². The molecule has 0 fully saturated rings. The van der Waals surface area contributed by atoms with Gasteiger partial charge in [-0.25, -0.2) is 0 Å². The van der Waals surface area contributed by atoms with Crippen LogP contribution in [0.1, 0.15) is 18.1 Å². The first-order valence-electron chi connectivity index (χ1n) is 4.91. The minimum Gasteiger partial charge on any atom is -0.462 e. The second-order valence-corrected chi connectivity index (χ2v) is 3.84. The number of carbonyl (C=O) groups excluding carboxylic acids is 1. The van der Waals surface area contributed by atoms with Crippen molar-refractivity contribution in [1.82, 2.24) is 0 Å². The Morgan fingerprint density at radius 3 is 2.13 bits per heavy atom. The smallest absolute Gasteiger partial charge is 0.302 e. The monoisotopic (exact) mass is 206 g/mol. The van der Waals surface area contributed by atoms with Gasteiger partial charge in [0, 0.05) is 31.1 Å². The van der Waals surface area contributed by atoms with Gasteiger partial charge in [-0.1, -0.05) is 0 Å². The van der Waals surface area contributed by atoms with Crippen molar-refractivity contribution in [3.63, 3.8) is 0 Å². The third kappa shape index (κ3) is 1.75. The molecule has 0 heterocycles. The number of rotatable bonds is 1. The van der Waals surface area contributed by atoms with Gasteiger partial charge in [-0.2, -0.15) is 0 Å². The molecule has 1 aliphatic carbocycles.